The van der Waals surface area contributed by atoms with Gasteiger partial charge in [-0.25, -0.2) is 4.39 Å². The van der Waals surface area contributed by atoms with Gasteiger partial charge in [0.2, 0.25) is 0 Å². The van der Waals surface area contributed by atoms with Gasteiger partial charge in [0.05, 0.1) is 6.10 Å². The van der Waals surface area contributed by atoms with Gasteiger partial charge in [0.1, 0.15) is 0 Å². The number of ether oxygens (including phenoxy) is 1. The zero-order chi connectivity index (χ0) is 11.6. The second kappa shape index (κ2) is 4.12. The van der Waals surface area contributed by atoms with Crippen LogP contribution in [0.1, 0.15) is 13.8 Å². The molecular weight excluding hydrogens is 211 g/mol. The van der Waals surface area contributed by atoms with Crippen LogP contribution in [0, 0.1) is 5.82 Å². The second-order valence-electron chi connectivity index (χ2n) is 3.43. The maximum Gasteiger partial charge on any atom is 0.509 e. The highest BCUT2D eigenvalue weighted by molar-refractivity contribution is 6.73. The van der Waals surface area contributed by atoms with Crippen molar-refractivity contribution >= 4 is 12.4 Å². The summed E-state index contributed by atoms with van der Waals surface area (Å²) in [6, 6.07) is 2.28. The molecule has 0 bridgehead atoms. The predicted molar refractivity (Wildman–Crippen MR) is 50.9 cm³/mol. The van der Waals surface area contributed by atoms with Crippen LogP contribution in [-0.4, -0.2) is 13.1 Å². The molecule has 15 heavy (non-hydrogen) atoms. The first-order valence-electron chi connectivity index (χ1n) is 4.46. The molecule has 6 heteroatoms. The van der Waals surface area contributed by atoms with Gasteiger partial charge in [0.15, 0.2) is 11.6 Å². The van der Waals surface area contributed by atoms with Gasteiger partial charge in [-0.3, -0.25) is 0 Å². The lowest BCUT2D eigenvalue weighted by Gasteiger charge is -2.16. The van der Waals surface area contributed by atoms with Gasteiger partial charge < -0.3 is 17.7 Å². The third kappa shape index (κ3) is 3.14. The van der Waals surface area contributed by atoms with Gasteiger partial charge in [-0.1, -0.05) is 6.07 Å². The van der Waals surface area contributed by atoms with Gasteiger partial charge in [-0.15, -0.1) is 5.46 Å². The molecule has 0 aliphatic heterocycles. The number of hydrogen-bond acceptors (Lipinski definition) is 1. The Bertz CT molecular complexity index is 348. The van der Waals surface area contributed by atoms with E-state index in [1.54, 1.807) is 13.8 Å². The average Bonchev–Trinajstić information content (AvgIpc) is 2.05. The molecule has 1 nitrogen and oxygen atoms in total. The van der Waals surface area contributed by atoms with Gasteiger partial charge >= 0.3 is 6.98 Å². The van der Waals surface area contributed by atoms with E-state index >= 15 is 0 Å². The minimum atomic E-state index is -5.16. The summed E-state index contributed by atoms with van der Waals surface area (Å²) in [4.78, 5) is 0. The van der Waals surface area contributed by atoms with Crippen molar-refractivity contribution in [3.05, 3.63) is 24.0 Å². The van der Waals surface area contributed by atoms with Crippen LogP contribution in [0.4, 0.5) is 17.3 Å². The molecule has 0 saturated carbocycles. The Morgan fingerprint density at radius 1 is 1.20 bits per heavy atom. The number of halogens is 4. The largest absolute Gasteiger partial charge is 0.509 e. The average molecular weight is 221 g/mol. The SMILES string of the molecule is CC(C)Oc1ccc([B-](F)(F)F)cc1F. The summed E-state index contributed by atoms with van der Waals surface area (Å²) >= 11 is 0. The lowest BCUT2D eigenvalue weighted by molar-refractivity contribution is 0.231. The molecule has 0 radical (unpaired) electrons. The van der Waals surface area contributed by atoms with Crippen molar-refractivity contribution in [3.63, 3.8) is 0 Å². The first-order valence-corrected chi connectivity index (χ1v) is 4.46. The van der Waals surface area contributed by atoms with E-state index in [1.165, 1.54) is 0 Å². The van der Waals surface area contributed by atoms with Crippen molar-refractivity contribution in [2.75, 3.05) is 0 Å². The molecule has 0 aliphatic carbocycles. The van der Waals surface area contributed by atoms with E-state index in [2.05, 4.69) is 0 Å². The molecule has 84 valence electrons. The fourth-order valence-electron chi connectivity index (χ4n) is 1.07. The second-order valence-corrected chi connectivity index (χ2v) is 3.43. The Morgan fingerprint density at radius 2 is 1.80 bits per heavy atom. The topological polar surface area (TPSA) is 9.23 Å². The van der Waals surface area contributed by atoms with Crippen LogP contribution >= 0.6 is 0 Å². The van der Waals surface area contributed by atoms with Crippen molar-refractivity contribution in [1.82, 2.24) is 0 Å². The Balaban J connectivity index is 2.98. The fourth-order valence-corrected chi connectivity index (χ4v) is 1.07. The van der Waals surface area contributed by atoms with Crippen LogP contribution in [0.2, 0.25) is 0 Å². The van der Waals surface area contributed by atoms with Crippen molar-refractivity contribution in [2.45, 2.75) is 20.0 Å². The molecule has 0 amide bonds. The zero-order valence-corrected chi connectivity index (χ0v) is 8.31. The highest BCUT2D eigenvalue weighted by atomic mass is 19.4. The number of rotatable bonds is 3. The first kappa shape index (κ1) is 11.9. The van der Waals surface area contributed by atoms with E-state index in [0.717, 1.165) is 12.1 Å². The van der Waals surface area contributed by atoms with Crippen LogP contribution in [0.25, 0.3) is 0 Å². The molecule has 0 heterocycles. The summed E-state index contributed by atoms with van der Waals surface area (Å²) in [5.74, 6) is -1.14. The number of benzene rings is 1. The van der Waals surface area contributed by atoms with Crippen molar-refractivity contribution in [2.24, 2.45) is 0 Å². The quantitative estimate of drug-likeness (QED) is 0.563. The number of hydrogen-bond donors (Lipinski definition) is 0. The highest BCUT2D eigenvalue weighted by Gasteiger charge is 2.26. The summed E-state index contributed by atoms with van der Waals surface area (Å²) in [7, 11) is 0. The van der Waals surface area contributed by atoms with Crippen LogP contribution in [0.3, 0.4) is 0 Å². The highest BCUT2D eigenvalue weighted by Crippen LogP contribution is 2.19. The van der Waals surface area contributed by atoms with Crippen molar-refractivity contribution < 1.29 is 22.1 Å². The minimum Gasteiger partial charge on any atom is -0.488 e. The maximum absolute atomic E-state index is 13.1. The van der Waals surface area contributed by atoms with E-state index in [4.69, 9.17) is 4.74 Å². The summed E-state index contributed by atoms with van der Waals surface area (Å²) in [6.07, 6.45) is -0.276. The molecule has 0 unspecified atom stereocenters. The maximum atomic E-state index is 13.1. The molecule has 0 aliphatic rings. The summed E-state index contributed by atoms with van der Waals surface area (Å²) < 4.78 is 54.8. The molecular formula is C9H10BF4O-. The van der Waals surface area contributed by atoms with Gasteiger partial charge in [-0.2, -0.15) is 0 Å². The zero-order valence-electron chi connectivity index (χ0n) is 8.31. The summed E-state index contributed by atoms with van der Waals surface area (Å²) in [5, 5.41) is 0. The van der Waals surface area contributed by atoms with Crippen molar-refractivity contribution in [3.8, 4) is 5.75 Å². The Morgan fingerprint density at radius 3 is 2.20 bits per heavy atom. The first-order chi connectivity index (χ1) is 6.80. The standard InChI is InChI=1S/C9H10BF4O/c1-6(2)15-9-4-3-7(5-8(9)11)10(12,13)14/h3-6H,1-2H3/q-1. The summed E-state index contributed by atoms with van der Waals surface area (Å²) in [6.45, 7) is -1.82. The minimum absolute atomic E-state index is 0.159. The lowest BCUT2D eigenvalue weighted by atomic mass is 9.80. The van der Waals surface area contributed by atoms with Crippen LogP contribution < -0.4 is 10.2 Å². The molecule has 1 aromatic carbocycles. The van der Waals surface area contributed by atoms with Gasteiger partial charge in [0, 0.05) is 0 Å². The molecule has 0 spiro atoms. The Kier molecular flexibility index (Phi) is 3.26. The third-order valence-corrected chi connectivity index (χ3v) is 1.70. The smallest absolute Gasteiger partial charge is 0.488 e. The normalized spacial score (nSPS) is 11.9. The van der Waals surface area contributed by atoms with Crippen LogP contribution in [0.5, 0.6) is 5.75 Å². The van der Waals surface area contributed by atoms with E-state index in [9.17, 15) is 17.3 Å². The third-order valence-electron chi connectivity index (χ3n) is 1.70. The molecule has 0 aromatic heterocycles. The molecule has 0 N–H and O–H groups in total. The monoisotopic (exact) mass is 221 g/mol. The Hall–Kier alpha value is -1.20. The van der Waals surface area contributed by atoms with Crippen molar-refractivity contribution in [1.29, 1.82) is 0 Å². The molecule has 0 atom stereocenters. The van der Waals surface area contributed by atoms with E-state index in [1.807, 2.05) is 0 Å². The molecule has 0 fully saturated rings. The molecule has 1 aromatic rings. The fraction of sp³-hybridized carbons (Fsp3) is 0.333. The van der Waals surface area contributed by atoms with Crippen LogP contribution in [0.15, 0.2) is 18.2 Å². The van der Waals surface area contributed by atoms with E-state index in [-0.39, 0.29) is 11.9 Å². The molecule has 1 rings (SSSR count). The summed E-state index contributed by atoms with van der Waals surface area (Å²) in [5.41, 5.74) is -0.955. The van der Waals surface area contributed by atoms with Crippen LogP contribution in [-0.2, 0) is 0 Å². The predicted octanol–water partition coefficient (Wildman–Crippen LogP) is 2.67. The van der Waals surface area contributed by atoms with E-state index < -0.39 is 18.3 Å². The van der Waals surface area contributed by atoms with Gasteiger partial charge in [-0.05, 0) is 26.0 Å². The lowest BCUT2D eigenvalue weighted by Crippen LogP contribution is -2.34. The molecule has 0 saturated heterocycles. The van der Waals surface area contributed by atoms with Gasteiger partial charge in [0.25, 0.3) is 0 Å². The van der Waals surface area contributed by atoms with E-state index in [0.29, 0.717) is 6.07 Å². The Labute approximate surface area is 85.1 Å².